The van der Waals surface area contributed by atoms with E-state index in [9.17, 15) is 8.78 Å². The molecule has 2 rings (SSSR count). The fourth-order valence-electron chi connectivity index (χ4n) is 1.95. The van der Waals surface area contributed by atoms with E-state index in [1.165, 1.54) is 0 Å². The number of hydrogen-bond donors (Lipinski definition) is 2. The number of alkyl halides is 2. The van der Waals surface area contributed by atoms with Gasteiger partial charge in [0.15, 0.2) is 0 Å². The molecule has 1 heterocycles. The third-order valence-electron chi connectivity index (χ3n) is 3.11. The minimum Gasteiger partial charge on any atom is -0.493 e. The standard InChI is InChI=1S/C13H17F2NO2/c1-9(16-7-13(14,15)8-17)10-2-3-12-11(6-10)4-5-18-12/h2-3,6,9,16-17H,4-5,7-8H2,1H3. The van der Waals surface area contributed by atoms with Crippen molar-refractivity contribution in [3.63, 3.8) is 0 Å². The molecule has 3 nitrogen and oxygen atoms in total. The van der Waals surface area contributed by atoms with Crippen molar-refractivity contribution in [3.05, 3.63) is 29.3 Å². The number of halogens is 2. The molecule has 1 aliphatic rings. The molecule has 0 spiro atoms. The van der Waals surface area contributed by atoms with E-state index in [4.69, 9.17) is 9.84 Å². The van der Waals surface area contributed by atoms with E-state index in [-0.39, 0.29) is 6.04 Å². The Labute approximate surface area is 105 Å². The number of ether oxygens (including phenoxy) is 1. The van der Waals surface area contributed by atoms with Crippen LogP contribution in [0.3, 0.4) is 0 Å². The highest BCUT2D eigenvalue weighted by atomic mass is 19.3. The van der Waals surface area contributed by atoms with E-state index in [1.54, 1.807) is 0 Å². The average molecular weight is 257 g/mol. The van der Waals surface area contributed by atoms with Crippen molar-refractivity contribution in [1.82, 2.24) is 5.32 Å². The van der Waals surface area contributed by atoms with Crippen molar-refractivity contribution in [1.29, 1.82) is 0 Å². The monoisotopic (exact) mass is 257 g/mol. The molecule has 1 aromatic rings. The molecule has 0 radical (unpaired) electrons. The quantitative estimate of drug-likeness (QED) is 0.846. The van der Waals surface area contributed by atoms with Crippen LogP contribution < -0.4 is 10.1 Å². The zero-order chi connectivity index (χ0) is 13.2. The van der Waals surface area contributed by atoms with Crippen molar-refractivity contribution in [2.24, 2.45) is 0 Å². The van der Waals surface area contributed by atoms with E-state index in [0.29, 0.717) is 6.61 Å². The summed E-state index contributed by atoms with van der Waals surface area (Å²) in [5.41, 5.74) is 2.07. The molecule has 5 heteroatoms. The van der Waals surface area contributed by atoms with Crippen LogP contribution in [0.25, 0.3) is 0 Å². The first-order valence-electron chi connectivity index (χ1n) is 5.99. The molecule has 1 unspecified atom stereocenters. The van der Waals surface area contributed by atoms with Gasteiger partial charge < -0.3 is 15.2 Å². The fourth-order valence-corrected chi connectivity index (χ4v) is 1.95. The number of nitrogens with one attached hydrogen (secondary N) is 1. The third-order valence-corrected chi connectivity index (χ3v) is 3.11. The van der Waals surface area contributed by atoms with Crippen LogP contribution in [0.4, 0.5) is 8.78 Å². The summed E-state index contributed by atoms with van der Waals surface area (Å²) in [4.78, 5) is 0. The van der Waals surface area contributed by atoms with Gasteiger partial charge in [0.2, 0.25) is 0 Å². The van der Waals surface area contributed by atoms with Crippen LogP contribution in [0.1, 0.15) is 24.1 Å². The summed E-state index contributed by atoms with van der Waals surface area (Å²) in [6, 6.07) is 5.55. The van der Waals surface area contributed by atoms with E-state index in [1.807, 2.05) is 25.1 Å². The summed E-state index contributed by atoms with van der Waals surface area (Å²) in [5.74, 6) is -2.19. The molecule has 100 valence electrons. The van der Waals surface area contributed by atoms with Gasteiger partial charge >= 0.3 is 0 Å². The number of hydrogen-bond acceptors (Lipinski definition) is 3. The minimum absolute atomic E-state index is 0.187. The maximum Gasteiger partial charge on any atom is 0.282 e. The van der Waals surface area contributed by atoms with E-state index in [0.717, 1.165) is 23.3 Å². The van der Waals surface area contributed by atoms with Crippen LogP contribution in [-0.2, 0) is 6.42 Å². The molecule has 1 aliphatic heterocycles. The van der Waals surface area contributed by atoms with Crippen molar-refractivity contribution in [3.8, 4) is 5.75 Å². The van der Waals surface area contributed by atoms with Gasteiger partial charge in [0.25, 0.3) is 5.92 Å². The second-order valence-corrected chi connectivity index (χ2v) is 4.58. The molecule has 0 bridgehead atoms. The summed E-state index contributed by atoms with van der Waals surface area (Å²) in [7, 11) is 0. The Hall–Kier alpha value is -1.20. The number of benzene rings is 1. The molecule has 1 atom stereocenters. The van der Waals surface area contributed by atoms with Crippen LogP contribution in [0.2, 0.25) is 0 Å². The number of aliphatic hydroxyl groups excluding tert-OH is 1. The molecule has 0 fully saturated rings. The Morgan fingerprint density at radius 3 is 3.00 bits per heavy atom. The Bertz CT molecular complexity index is 423. The maximum atomic E-state index is 12.9. The van der Waals surface area contributed by atoms with Gasteiger partial charge in [0.05, 0.1) is 13.2 Å². The first-order valence-corrected chi connectivity index (χ1v) is 5.99. The van der Waals surface area contributed by atoms with Gasteiger partial charge in [-0.05, 0) is 24.1 Å². The van der Waals surface area contributed by atoms with Gasteiger partial charge in [-0.15, -0.1) is 0 Å². The van der Waals surface area contributed by atoms with E-state index in [2.05, 4.69) is 5.32 Å². The summed E-state index contributed by atoms with van der Waals surface area (Å²) < 4.78 is 31.2. The molecule has 0 saturated carbocycles. The van der Waals surface area contributed by atoms with Gasteiger partial charge in [0, 0.05) is 12.5 Å². The summed E-state index contributed by atoms with van der Waals surface area (Å²) in [5, 5.41) is 11.2. The van der Waals surface area contributed by atoms with Crippen molar-refractivity contribution < 1.29 is 18.6 Å². The molecule has 0 aromatic heterocycles. The number of aliphatic hydroxyl groups is 1. The lowest BCUT2D eigenvalue weighted by atomic mass is 10.0. The van der Waals surface area contributed by atoms with Gasteiger partial charge in [0.1, 0.15) is 12.4 Å². The highest BCUT2D eigenvalue weighted by Gasteiger charge is 2.28. The second kappa shape index (κ2) is 5.20. The largest absolute Gasteiger partial charge is 0.493 e. The molecule has 1 aromatic carbocycles. The first kappa shape index (κ1) is 13.2. The SMILES string of the molecule is CC(NCC(F)(F)CO)c1ccc2c(c1)CCO2. The van der Waals surface area contributed by atoms with Crippen LogP contribution in [0, 0.1) is 0 Å². The van der Waals surface area contributed by atoms with Crippen molar-refractivity contribution in [2.45, 2.75) is 25.3 Å². The lowest BCUT2D eigenvalue weighted by Crippen LogP contribution is -2.37. The minimum atomic E-state index is -3.08. The van der Waals surface area contributed by atoms with Crippen molar-refractivity contribution >= 4 is 0 Å². The molecular formula is C13H17F2NO2. The smallest absolute Gasteiger partial charge is 0.282 e. The van der Waals surface area contributed by atoms with Gasteiger partial charge in [-0.2, -0.15) is 0 Å². The predicted octanol–water partition coefficient (Wildman–Crippen LogP) is 1.90. The Morgan fingerprint density at radius 2 is 2.28 bits per heavy atom. The molecule has 0 aliphatic carbocycles. The lowest BCUT2D eigenvalue weighted by molar-refractivity contribution is -0.0490. The maximum absolute atomic E-state index is 12.9. The topological polar surface area (TPSA) is 41.5 Å². The first-order chi connectivity index (χ1) is 8.52. The normalized spacial score (nSPS) is 16.2. The molecular weight excluding hydrogens is 240 g/mol. The zero-order valence-electron chi connectivity index (χ0n) is 10.2. The lowest BCUT2D eigenvalue weighted by Gasteiger charge is -2.19. The van der Waals surface area contributed by atoms with Crippen molar-refractivity contribution in [2.75, 3.05) is 19.8 Å². The highest BCUT2D eigenvalue weighted by molar-refractivity contribution is 5.40. The van der Waals surface area contributed by atoms with E-state index >= 15 is 0 Å². The average Bonchev–Trinajstić information content (AvgIpc) is 2.83. The second-order valence-electron chi connectivity index (χ2n) is 4.58. The summed E-state index contributed by atoms with van der Waals surface area (Å²) in [6.07, 6.45) is 0.864. The van der Waals surface area contributed by atoms with E-state index < -0.39 is 19.1 Å². The zero-order valence-corrected chi connectivity index (χ0v) is 10.2. The van der Waals surface area contributed by atoms with Crippen LogP contribution in [-0.4, -0.2) is 30.8 Å². The molecule has 2 N–H and O–H groups in total. The number of fused-ring (bicyclic) bond motifs is 1. The van der Waals surface area contributed by atoms with Gasteiger partial charge in [-0.3, -0.25) is 0 Å². The summed E-state index contributed by atoms with van der Waals surface area (Å²) in [6.45, 7) is 0.844. The highest BCUT2D eigenvalue weighted by Crippen LogP contribution is 2.28. The number of rotatable bonds is 5. The van der Waals surface area contributed by atoms with Crippen LogP contribution >= 0.6 is 0 Å². The Balaban J connectivity index is 1.99. The molecule has 0 amide bonds. The van der Waals surface area contributed by atoms with Gasteiger partial charge in [-0.1, -0.05) is 12.1 Å². The Kier molecular flexibility index (Phi) is 3.82. The molecule has 18 heavy (non-hydrogen) atoms. The molecule has 0 saturated heterocycles. The summed E-state index contributed by atoms with van der Waals surface area (Å²) >= 11 is 0. The van der Waals surface area contributed by atoms with Gasteiger partial charge in [-0.25, -0.2) is 8.78 Å². The third kappa shape index (κ3) is 2.97. The Morgan fingerprint density at radius 1 is 1.50 bits per heavy atom. The van der Waals surface area contributed by atoms with Crippen LogP contribution in [0.5, 0.6) is 5.75 Å². The van der Waals surface area contributed by atoms with Crippen LogP contribution in [0.15, 0.2) is 18.2 Å². The fraction of sp³-hybridized carbons (Fsp3) is 0.538. The predicted molar refractivity (Wildman–Crippen MR) is 64.1 cm³/mol.